The number of nitrogens with one attached hydrogen (secondary N) is 2. The Hall–Kier alpha value is -1.91. The second kappa shape index (κ2) is 3.84. The molecule has 0 aromatic carbocycles. The average Bonchev–Trinajstić information content (AvgIpc) is 2.52. The van der Waals surface area contributed by atoms with Gasteiger partial charge in [0.2, 0.25) is 0 Å². The number of hydrogen-bond donors (Lipinski definition) is 3. The van der Waals surface area contributed by atoms with Crippen molar-refractivity contribution >= 4 is 17.5 Å². The van der Waals surface area contributed by atoms with Crippen LogP contribution in [0.4, 0.5) is 5.82 Å². The van der Waals surface area contributed by atoms with E-state index >= 15 is 0 Å². The number of hydrogen-bond acceptors (Lipinski definition) is 4. The van der Waals surface area contributed by atoms with E-state index in [4.69, 9.17) is 16.6 Å². The number of nitrogens with zero attached hydrogens (tertiary/aromatic N) is 2. The van der Waals surface area contributed by atoms with Crippen LogP contribution in [0.2, 0.25) is 0 Å². The molecule has 0 amide bonds. The third kappa shape index (κ3) is 2.00. The van der Waals surface area contributed by atoms with Crippen molar-refractivity contribution in [1.82, 2.24) is 9.88 Å². The van der Waals surface area contributed by atoms with E-state index in [9.17, 15) is 0 Å². The van der Waals surface area contributed by atoms with Crippen molar-refractivity contribution in [2.45, 2.75) is 32.2 Å². The summed E-state index contributed by atoms with van der Waals surface area (Å²) in [7, 11) is 0. The summed E-state index contributed by atoms with van der Waals surface area (Å²) in [6, 6.07) is 5.22. The third-order valence-corrected chi connectivity index (χ3v) is 3.09. The van der Waals surface area contributed by atoms with E-state index in [1.807, 2.05) is 13.8 Å². The van der Waals surface area contributed by atoms with Crippen LogP contribution < -0.4 is 5.73 Å². The average molecular weight is 231 g/mol. The molecule has 1 aliphatic heterocycles. The molecule has 17 heavy (non-hydrogen) atoms. The lowest BCUT2D eigenvalue weighted by molar-refractivity contribution is 0.333. The van der Waals surface area contributed by atoms with E-state index in [2.05, 4.69) is 4.98 Å². The summed E-state index contributed by atoms with van der Waals surface area (Å²) in [6.07, 6.45) is 1.59. The maximum absolute atomic E-state index is 8.18. The van der Waals surface area contributed by atoms with Gasteiger partial charge in [-0.2, -0.15) is 0 Å². The lowest BCUT2D eigenvalue weighted by Gasteiger charge is -2.32. The van der Waals surface area contributed by atoms with E-state index in [0.29, 0.717) is 23.8 Å². The molecule has 0 radical (unpaired) electrons. The number of rotatable bonds is 1. The molecule has 4 N–H and O–H groups in total. The second-order valence-electron chi connectivity index (χ2n) is 4.89. The first-order valence-electron chi connectivity index (χ1n) is 5.61. The van der Waals surface area contributed by atoms with Crippen LogP contribution in [0.1, 0.15) is 32.4 Å². The van der Waals surface area contributed by atoms with Crippen LogP contribution in [0.25, 0.3) is 0 Å². The van der Waals surface area contributed by atoms with Gasteiger partial charge in [-0.3, -0.25) is 10.8 Å². The highest BCUT2D eigenvalue weighted by molar-refractivity contribution is 6.07. The van der Waals surface area contributed by atoms with Gasteiger partial charge in [0.15, 0.2) is 5.84 Å². The van der Waals surface area contributed by atoms with Gasteiger partial charge in [0.1, 0.15) is 17.3 Å². The maximum Gasteiger partial charge on any atom is 0.153 e. The Bertz CT molecular complexity index is 478. The molecule has 1 saturated heterocycles. The standard InChI is InChI=1S/C12H17N5/c1-12(2)7-6-10(14)17(12)11(15)8-4-3-5-9(13)16-8/h3-5,14-15H,6-7H2,1-2H3,(H2,13,16). The zero-order chi connectivity index (χ0) is 12.6. The minimum atomic E-state index is -0.194. The molecule has 2 heterocycles. The molecule has 90 valence electrons. The molecule has 1 aromatic heterocycles. The highest BCUT2D eigenvalue weighted by Gasteiger charge is 2.38. The summed E-state index contributed by atoms with van der Waals surface area (Å²) in [5, 5.41) is 16.1. The minimum absolute atomic E-state index is 0.194. The summed E-state index contributed by atoms with van der Waals surface area (Å²) < 4.78 is 0. The fraction of sp³-hybridized carbons (Fsp3) is 0.417. The van der Waals surface area contributed by atoms with E-state index < -0.39 is 0 Å². The van der Waals surface area contributed by atoms with Crippen LogP contribution in [-0.4, -0.2) is 27.1 Å². The number of pyridine rings is 1. The van der Waals surface area contributed by atoms with Gasteiger partial charge >= 0.3 is 0 Å². The smallest absolute Gasteiger partial charge is 0.153 e. The topological polar surface area (TPSA) is 89.9 Å². The molecule has 2 rings (SSSR count). The fourth-order valence-corrected chi connectivity index (χ4v) is 2.15. The van der Waals surface area contributed by atoms with Gasteiger partial charge < -0.3 is 10.6 Å². The molecular weight excluding hydrogens is 214 g/mol. The van der Waals surface area contributed by atoms with Gasteiger partial charge in [0.05, 0.1) is 0 Å². The quantitative estimate of drug-likeness (QED) is 0.509. The number of nitrogens with two attached hydrogens (primary N) is 1. The maximum atomic E-state index is 8.18. The molecule has 0 bridgehead atoms. The SMILES string of the molecule is CC1(C)CCC(=N)N1C(=N)c1cccc(N)n1. The van der Waals surface area contributed by atoms with Crippen molar-refractivity contribution in [1.29, 1.82) is 10.8 Å². The highest BCUT2D eigenvalue weighted by Crippen LogP contribution is 2.30. The molecule has 0 atom stereocenters. The normalized spacial score (nSPS) is 18.5. The summed E-state index contributed by atoms with van der Waals surface area (Å²) in [5.74, 6) is 1.13. The third-order valence-electron chi connectivity index (χ3n) is 3.09. The van der Waals surface area contributed by atoms with Gasteiger partial charge in [0, 0.05) is 12.0 Å². The van der Waals surface area contributed by atoms with Crippen LogP contribution in [0.15, 0.2) is 18.2 Å². The van der Waals surface area contributed by atoms with E-state index in [1.165, 1.54) is 0 Å². The largest absolute Gasteiger partial charge is 0.384 e. The van der Waals surface area contributed by atoms with Gasteiger partial charge in [0.25, 0.3) is 0 Å². The number of amidine groups is 2. The van der Waals surface area contributed by atoms with Gasteiger partial charge in [-0.05, 0) is 32.4 Å². The van der Waals surface area contributed by atoms with Crippen molar-refractivity contribution in [3.63, 3.8) is 0 Å². The Labute approximate surface area is 101 Å². The molecular formula is C12H17N5. The van der Waals surface area contributed by atoms with E-state index in [-0.39, 0.29) is 11.4 Å². The summed E-state index contributed by atoms with van der Waals surface area (Å²) >= 11 is 0. The molecule has 1 aliphatic rings. The predicted octanol–water partition coefficient (Wildman–Crippen LogP) is 1.84. The first-order valence-corrected chi connectivity index (χ1v) is 5.61. The van der Waals surface area contributed by atoms with Crippen molar-refractivity contribution in [2.75, 3.05) is 5.73 Å². The van der Waals surface area contributed by atoms with Crippen LogP contribution in [0.3, 0.4) is 0 Å². The van der Waals surface area contributed by atoms with E-state index in [0.717, 1.165) is 6.42 Å². The zero-order valence-electron chi connectivity index (χ0n) is 10.1. The van der Waals surface area contributed by atoms with Crippen LogP contribution in [0, 0.1) is 10.8 Å². The summed E-state index contributed by atoms with van der Waals surface area (Å²) in [5.41, 5.74) is 5.94. The number of nitrogen functional groups attached to an aromatic ring is 1. The molecule has 1 fully saturated rings. The van der Waals surface area contributed by atoms with Crippen molar-refractivity contribution < 1.29 is 0 Å². The van der Waals surface area contributed by atoms with Crippen LogP contribution >= 0.6 is 0 Å². The van der Waals surface area contributed by atoms with E-state index in [1.54, 1.807) is 23.1 Å². The molecule has 5 heteroatoms. The zero-order valence-corrected chi connectivity index (χ0v) is 10.1. The Balaban J connectivity index is 2.35. The monoisotopic (exact) mass is 231 g/mol. The van der Waals surface area contributed by atoms with Gasteiger partial charge in [-0.25, -0.2) is 4.98 Å². The minimum Gasteiger partial charge on any atom is -0.384 e. The molecule has 0 unspecified atom stereocenters. The first kappa shape index (κ1) is 11.6. The first-order chi connectivity index (χ1) is 7.92. The second-order valence-corrected chi connectivity index (χ2v) is 4.89. The fourth-order valence-electron chi connectivity index (χ4n) is 2.15. The molecule has 1 aromatic rings. The molecule has 0 saturated carbocycles. The van der Waals surface area contributed by atoms with Crippen LogP contribution in [-0.2, 0) is 0 Å². The summed E-state index contributed by atoms with van der Waals surface area (Å²) in [4.78, 5) is 5.86. The molecule has 5 nitrogen and oxygen atoms in total. The Morgan fingerprint density at radius 3 is 2.71 bits per heavy atom. The Morgan fingerprint density at radius 2 is 2.18 bits per heavy atom. The van der Waals surface area contributed by atoms with Crippen molar-refractivity contribution in [3.8, 4) is 0 Å². The number of anilines is 1. The predicted molar refractivity (Wildman–Crippen MR) is 68.4 cm³/mol. The Morgan fingerprint density at radius 1 is 1.47 bits per heavy atom. The number of aromatic nitrogens is 1. The van der Waals surface area contributed by atoms with Crippen molar-refractivity contribution in [3.05, 3.63) is 23.9 Å². The summed E-state index contributed by atoms with van der Waals surface area (Å²) in [6.45, 7) is 4.07. The van der Waals surface area contributed by atoms with Crippen molar-refractivity contribution in [2.24, 2.45) is 0 Å². The number of likely N-dealkylation sites (tertiary alicyclic amines) is 1. The van der Waals surface area contributed by atoms with Crippen LogP contribution in [0.5, 0.6) is 0 Å². The highest BCUT2D eigenvalue weighted by atomic mass is 15.3. The van der Waals surface area contributed by atoms with Gasteiger partial charge in [-0.15, -0.1) is 0 Å². The lowest BCUT2D eigenvalue weighted by Crippen LogP contribution is -2.45. The molecule has 0 aliphatic carbocycles. The molecule has 0 spiro atoms. The van der Waals surface area contributed by atoms with Gasteiger partial charge in [-0.1, -0.05) is 6.07 Å². The lowest BCUT2D eigenvalue weighted by atomic mass is 10.0. The Kier molecular flexibility index (Phi) is 2.61.